The van der Waals surface area contributed by atoms with E-state index in [1.54, 1.807) is 11.0 Å². The van der Waals surface area contributed by atoms with Crippen LogP contribution in [0.1, 0.15) is 41.1 Å². The van der Waals surface area contributed by atoms with Crippen LogP contribution in [0.4, 0.5) is 0 Å². The molecule has 0 spiro atoms. The van der Waals surface area contributed by atoms with Crippen LogP contribution in [-0.4, -0.2) is 62.3 Å². The third kappa shape index (κ3) is 2.96. The molecule has 1 amide bonds. The zero-order valence-corrected chi connectivity index (χ0v) is 13.7. The largest absolute Gasteiger partial charge is 0.477 e. The molecule has 2 aromatic heterocycles. The summed E-state index contributed by atoms with van der Waals surface area (Å²) in [7, 11) is 0. The van der Waals surface area contributed by atoms with Gasteiger partial charge < -0.3 is 14.7 Å². The Morgan fingerprint density at radius 3 is 2.96 bits per heavy atom. The summed E-state index contributed by atoms with van der Waals surface area (Å²) in [5.74, 6) is -0.865. The number of rotatable bonds is 4. The Kier molecular flexibility index (Phi) is 4.48. The lowest BCUT2D eigenvalue weighted by atomic mass is 10.0. The first-order valence-corrected chi connectivity index (χ1v) is 7.93. The van der Waals surface area contributed by atoms with E-state index in [-0.39, 0.29) is 23.2 Å². The van der Waals surface area contributed by atoms with Crippen molar-refractivity contribution in [1.29, 1.82) is 0 Å². The van der Waals surface area contributed by atoms with Gasteiger partial charge in [0, 0.05) is 12.7 Å². The average molecular weight is 332 g/mol. The monoisotopic (exact) mass is 332 g/mol. The molecule has 0 bridgehead atoms. The lowest BCUT2D eigenvalue weighted by Crippen LogP contribution is -2.49. The summed E-state index contributed by atoms with van der Waals surface area (Å²) in [5.41, 5.74) is 0.454. The van der Waals surface area contributed by atoms with E-state index in [1.807, 2.05) is 0 Å². The highest BCUT2D eigenvalue weighted by molar-refractivity contribution is 5.97. The number of aromatic nitrogens is 3. The Morgan fingerprint density at radius 2 is 2.25 bits per heavy atom. The smallest absolute Gasteiger partial charge is 0.341 e. The topological polar surface area (TPSA) is 97.0 Å². The molecule has 1 unspecified atom stereocenters. The van der Waals surface area contributed by atoms with Crippen molar-refractivity contribution in [1.82, 2.24) is 19.5 Å². The van der Waals surface area contributed by atoms with E-state index in [4.69, 9.17) is 4.74 Å². The Bertz CT molecular complexity index is 771. The van der Waals surface area contributed by atoms with Crippen molar-refractivity contribution < 1.29 is 19.4 Å². The Morgan fingerprint density at radius 1 is 1.46 bits per heavy atom. The molecule has 1 fully saturated rings. The summed E-state index contributed by atoms with van der Waals surface area (Å²) in [6.07, 6.45) is 3.50. The second-order valence-corrected chi connectivity index (χ2v) is 6.29. The highest BCUT2D eigenvalue weighted by Crippen LogP contribution is 2.19. The third-order valence-electron chi connectivity index (χ3n) is 4.08. The van der Waals surface area contributed by atoms with Gasteiger partial charge in [0.05, 0.1) is 25.5 Å². The summed E-state index contributed by atoms with van der Waals surface area (Å²) in [6, 6.07) is 1.57. The summed E-state index contributed by atoms with van der Waals surface area (Å²) < 4.78 is 6.82. The van der Waals surface area contributed by atoms with Gasteiger partial charge in [0.25, 0.3) is 5.91 Å². The van der Waals surface area contributed by atoms with Gasteiger partial charge in [0.1, 0.15) is 11.3 Å². The van der Waals surface area contributed by atoms with Crippen LogP contribution in [0, 0.1) is 5.92 Å². The predicted octanol–water partition coefficient (Wildman–Crippen LogP) is 1.31. The van der Waals surface area contributed by atoms with Crippen LogP contribution in [0.3, 0.4) is 0 Å². The lowest BCUT2D eigenvalue weighted by Gasteiger charge is -2.36. The molecule has 8 heteroatoms. The van der Waals surface area contributed by atoms with Crippen molar-refractivity contribution in [3.05, 3.63) is 29.7 Å². The minimum Gasteiger partial charge on any atom is -0.477 e. The SMILES string of the molecule is CC(C)CC1COCCN1C(=O)c1ccnc2c(C(=O)O)cnn12. The number of fused-ring (bicyclic) bond motifs is 1. The second-order valence-electron chi connectivity index (χ2n) is 6.29. The van der Waals surface area contributed by atoms with Crippen molar-refractivity contribution in [2.45, 2.75) is 26.3 Å². The maximum Gasteiger partial charge on any atom is 0.341 e. The minimum absolute atomic E-state index is 0.00368. The number of ether oxygens (including phenoxy) is 1. The first-order valence-electron chi connectivity index (χ1n) is 7.93. The number of carbonyl (C=O) groups excluding carboxylic acids is 1. The van der Waals surface area contributed by atoms with Crippen LogP contribution in [0.5, 0.6) is 0 Å². The molecule has 8 nitrogen and oxygen atoms in total. The molecule has 128 valence electrons. The highest BCUT2D eigenvalue weighted by atomic mass is 16.5. The molecule has 1 N–H and O–H groups in total. The van der Waals surface area contributed by atoms with Crippen LogP contribution in [0.25, 0.3) is 5.65 Å². The predicted molar refractivity (Wildman–Crippen MR) is 85.0 cm³/mol. The van der Waals surface area contributed by atoms with Gasteiger partial charge in [0.15, 0.2) is 5.65 Å². The number of nitrogens with zero attached hydrogens (tertiary/aromatic N) is 4. The van der Waals surface area contributed by atoms with E-state index in [0.29, 0.717) is 31.4 Å². The molecule has 0 saturated carbocycles. The molecule has 2 aromatic rings. The van der Waals surface area contributed by atoms with Crippen molar-refractivity contribution in [3.63, 3.8) is 0 Å². The molecule has 1 atom stereocenters. The van der Waals surface area contributed by atoms with Gasteiger partial charge >= 0.3 is 5.97 Å². The summed E-state index contributed by atoms with van der Waals surface area (Å²) >= 11 is 0. The highest BCUT2D eigenvalue weighted by Gasteiger charge is 2.30. The number of carboxylic acids is 1. The van der Waals surface area contributed by atoms with Crippen LogP contribution in [0.2, 0.25) is 0 Å². The van der Waals surface area contributed by atoms with Crippen molar-refractivity contribution in [2.75, 3.05) is 19.8 Å². The van der Waals surface area contributed by atoms with Crippen LogP contribution in [-0.2, 0) is 4.74 Å². The van der Waals surface area contributed by atoms with E-state index in [0.717, 1.165) is 6.42 Å². The molecule has 1 saturated heterocycles. The van der Waals surface area contributed by atoms with Crippen LogP contribution < -0.4 is 0 Å². The Hall–Kier alpha value is -2.48. The molecule has 3 rings (SSSR count). The fourth-order valence-electron chi connectivity index (χ4n) is 3.01. The van der Waals surface area contributed by atoms with E-state index >= 15 is 0 Å². The second kappa shape index (κ2) is 6.56. The number of amides is 1. The van der Waals surface area contributed by atoms with Crippen molar-refractivity contribution in [2.24, 2.45) is 5.92 Å². The van der Waals surface area contributed by atoms with E-state index in [9.17, 15) is 14.7 Å². The molecular formula is C16H20N4O4. The maximum atomic E-state index is 13.0. The number of hydrogen-bond acceptors (Lipinski definition) is 5. The third-order valence-corrected chi connectivity index (χ3v) is 4.08. The van der Waals surface area contributed by atoms with Crippen molar-refractivity contribution in [3.8, 4) is 0 Å². The first-order chi connectivity index (χ1) is 11.5. The molecule has 0 aliphatic carbocycles. The van der Waals surface area contributed by atoms with E-state index < -0.39 is 5.97 Å². The van der Waals surface area contributed by atoms with Crippen LogP contribution >= 0.6 is 0 Å². The normalized spacial score (nSPS) is 18.3. The maximum absolute atomic E-state index is 13.0. The first kappa shape index (κ1) is 16.4. The number of morpholine rings is 1. The standard InChI is InChI=1S/C16H20N4O4/c1-10(2)7-11-9-24-6-5-19(11)15(21)13-3-4-17-14-12(16(22)23)8-18-20(13)14/h3-4,8,10-11H,5-7,9H2,1-2H3,(H,22,23). The van der Waals surface area contributed by atoms with Gasteiger partial charge in [-0.05, 0) is 18.4 Å². The van der Waals surface area contributed by atoms with E-state index in [1.165, 1.54) is 16.9 Å². The van der Waals surface area contributed by atoms with Gasteiger partial charge in [-0.3, -0.25) is 4.79 Å². The zero-order valence-electron chi connectivity index (χ0n) is 13.7. The summed E-state index contributed by atoms with van der Waals surface area (Å²) in [5, 5.41) is 13.2. The summed E-state index contributed by atoms with van der Waals surface area (Å²) in [6.45, 7) is 5.72. The molecule has 1 aliphatic rings. The van der Waals surface area contributed by atoms with Gasteiger partial charge in [-0.15, -0.1) is 0 Å². The van der Waals surface area contributed by atoms with Gasteiger partial charge in [-0.1, -0.05) is 13.8 Å². The molecule has 3 heterocycles. The molecule has 0 radical (unpaired) electrons. The molecule has 0 aromatic carbocycles. The molecule has 24 heavy (non-hydrogen) atoms. The van der Waals surface area contributed by atoms with Crippen molar-refractivity contribution >= 4 is 17.5 Å². The quantitative estimate of drug-likeness (QED) is 0.907. The minimum atomic E-state index is -1.12. The average Bonchev–Trinajstić information content (AvgIpc) is 2.98. The number of carbonyl (C=O) groups is 2. The number of aromatic carboxylic acids is 1. The van der Waals surface area contributed by atoms with E-state index in [2.05, 4.69) is 23.9 Å². The van der Waals surface area contributed by atoms with Gasteiger partial charge in [0.2, 0.25) is 0 Å². The fourth-order valence-corrected chi connectivity index (χ4v) is 3.01. The zero-order chi connectivity index (χ0) is 17.3. The Labute approximate surface area is 139 Å². The molecule has 1 aliphatic heterocycles. The lowest BCUT2D eigenvalue weighted by molar-refractivity contribution is -0.00790. The van der Waals surface area contributed by atoms with Gasteiger partial charge in [-0.25, -0.2) is 14.3 Å². The van der Waals surface area contributed by atoms with Crippen LogP contribution in [0.15, 0.2) is 18.5 Å². The number of hydrogen-bond donors (Lipinski definition) is 1. The summed E-state index contributed by atoms with van der Waals surface area (Å²) in [4.78, 5) is 30.1. The fraction of sp³-hybridized carbons (Fsp3) is 0.500. The van der Waals surface area contributed by atoms with Gasteiger partial charge in [-0.2, -0.15) is 5.10 Å². The Balaban J connectivity index is 1.97. The molecular weight excluding hydrogens is 312 g/mol. The number of carboxylic acid groups (broad SMARTS) is 1.